The van der Waals surface area contributed by atoms with E-state index in [0.717, 1.165) is 22.8 Å². The minimum absolute atomic E-state index is 0.434. The first-order chi connectivity index (χ1) is 7.54. The molecule has 0 radical (unpaired) electrons. The van der Waals surface area contributed by atoms with E-state index in [0.29, 0.717) is 5.92 Å². The second kappa shape index (κ2) is 3.78. The van der Waals surface area contributed by atoms with E-state index in [1.165, 1.54) is 11.1 Å². The molecule has 2 heteroatoms. The monoisotopic (exact) mass is 215 g/mol. The van der Waals surface area contributed by atoms with Gasteiger partial charge in [0, 0.05) is 29.7 Å². The molecule has 1 heterocycles. The molecule has 0 aliphatic rings. The summed E-state index contributed by atoms with van der Waals surface area (Å²) in [5.41, 5.74) is 4.44. The van der Waals surface area contributed by atoms with Gasteiger partial charge in [-0.25, -0.2) is 0 Å². The molecule has 2 nitrogen and oxygen atoms in total. The minimum Gasteiger partial charge on any atom is -0.350 e. The molecule has 2 rings (SSSR count). The molecule has 0 amide bonds. The molecule has 0 atom stereocenters. The quantitative estimate of drug-likeness (QED) is 0.703. The summed E-state index contributed by atoms with van der Waals surface area (Å²) < 4.78 is 2.03. The first-order valence-electron chi connectivity index (χ1n) is 5.59. The first kappa shape index (κ1) is 10.9. The fourth-order valence-electron chi connectivity index (χ4n) is 2.27. The van der Waals surface area contributed by atoms with Crippen molar-refractivity contribution in [3.05, 3.63) is 35.0 Å². The third-order valence-electron chi connectivity index (χ3n) is 3.04. The van der Waals surface area contributed by atoms with E-state index in [4.69, 9.17) is 0 Å². The summed E-state index contributed by atoms with van der Waals surface area (Å²) in [6.07, 6.45) is 2.85. The van der Waals surface area contributed by atoms with Crippen LogP contribution in [0, 0.1) is 6.92 Å². The molecule has 0 saturated heterocycles. The Morgan fingerprint density at radius 2 is 2.00 bits per heavy atom. The zero-order valence-electron chi connectivity index (χ0n) is 10.2. The van der Waals surface area contributed by atoms with Gasteiger partial charge in [0.25, 0.3) is 0 Å². The summed E-state index contributed by atoms with van der Waals surface area (Å²) in [5, 5.41) is 1.11. The molecule has 16 heavy (non-hydrogen) atoms. The van der Waals surface area contributed by atoms with E-state index >= 15 is 0 Å². The number of carbonyl (C=O) groups excluding carboxylic acids is 1. The van der Waals surface area contributed by atoms with Gasteiger partial charge in [0.1, 0.15) is 0 Å². The largest absolute Gasteiger partial charge is 0.350 e. The van der Waals surface area contributed by atoms with Crippen molar-refractivity contribution in [2.75, 3.05) is 0 Å². The van der Waals surface area contributed by atoms with Crippen molar-refractivity contribution in [3.8, 4) is 0 Å². The fourth-order valence-corrected chi connectivity index (χ4v) is 2.27. The van der Waals surface area contributed by atoms with Crippen LogP contribution in [0.1, 0.15) is 41.3 Å². The van der Waals surface area contributed by atoms with Crippen LogP contribution in [-0.2, 0) is 7.05 Å². The zero-order valence-corrected chi connectivity index (χ0v) is 10.2. The SMILES string of the molecule is Cc1cc(C(C)C)c2c(C=O)cn(C)c2c1. The molecule has 0 unspecified atom stereocenters. The number of aryl methyl sites for hydroxylation is 2. The second-order valence-electron chi connectivity index (χ2n) is 4.72. The molecule has 0 N–H and O–H groups in total. The maximum Gasteiger partial charge on any atom is 0.152 e. The summed E-state index contributed by atoms with van der Waals surface area (Å²) >= 11 is 0. The second-order valence-corrected chi connectivity index (χ2v) is 4.72. The molecular weight excluding hydrogens is 198 g/mol. The predicted octanol–water partition coefficient (Wildman–Crippen LogP) is 3.42. The van der Waals surface area contributed by atoms with Gasteiger partial charge in [0.2, 0.25) is 0 Å². The van der Waals surface area contributed by atoms with Crippen LogP contribution in [0.4, 0.5) is 0 Å². The highest BCUT2D eigenvalue weighted by Gasteiger charge is 2.13. The molecule has 1 aromatic carbocycles. The number of fused-ring (bicyclic) bond motifs is 1. The van der Waals surface area contributed by atoms with E-state index in [9.17, 15) is 4.79 Å². The van der Waals surface area contributed by atoms with Crippen LogP contribution >= 0.6 is 0 Å². The third kappa shape index (κ3) is 1.54. The van der Waals surface area contributed by atoms with Gasteiger partial charge in [-0.2, -0.15) is 0 Å². The number of rotatable bonds is 2. The third-order valence-corrected chi connectivity index (χ3v) is 3.04. The van der Waals surface area contributed by atoms with Crippen LogP contribution < -0.4 is 0 Å². The van der Waals surface area contributed by atoms with E-state index < -0.39 is 0 Å². The lowest BCUT2D eigenvalue weighted by Gasteiger charge is -2.10. The molecule has 0 bridgehead atoms. The average molecular weight is 215 g/mol. The molecule has 0 fully saturated rings. The maximum absolute atomic E-state index is 11.1. The van der Waals surface area contributed by atoms with Gasteiger partial charge in [-0.15, -0.1) is 0 Å². The molecule has 0 saturated carbocycles. The van der Waals surface area contributed by atoms with Crippen LogP contribution in [-0.4, -0.2) is 10.9 Å². The summed E-state index contributed by atoms with van der Waals surface area (Å²) in [6.45, 7) is 6.42. The van der Waals surface area contributed by atoms with Gasteiger partial charge in [0.15, 0.2) is 6.29 Å². The van der Waals surface area contributed by atoms with Crippen molar-refractivity contribution in [2.45, 2.75) is 26.7 Å². The predicted molar refractivity (Wildman–Crippen MR) is 67.1 cm³/mol. The summed E-state index contributed by atoms with van der Waals surface area (Å²) in [7, 11) is 1.98. The lowest BCUT2D eigenvalue weighted by Crippen LogP contribution is -1.93. The summed E-state index contributed by atoms with van der Waals surface area (Å²) in [6, 6.07) is 4.31. The lowest BCUT2D eigenvalue weighted by molar-refractivity contribution is 0.112. The number of aldehydes is 1. The van der Waals surface area contributed by atoms with Gasteiger partial charge in [-0.05, 0) is 30.0 Å². The average Bonchev–Trinajstić information content (AvgIpc) is 2.54. The Bertz CT molecular complexity index is 549. The standard InChI is InChI=1S/C14H17NO/c1-9(2)12-5-10(3)6-13-14(12)11(8-16)7-15(13)4/h5-9H,1-4H3. The van der Waals surface area contributed by atoms with Crippen molar-refractivity contribution in [3.63, 3.8) is 0 Å². The molecule has 84 valence electrons. The number of hydrogen-bond donors (Lipinski definition) is 0. The van der Waals surface area contributed by atoms with Crippen LogP contribution in [0.25, 0.3) is 10.9 Å². The Morgan fingerprint density at radius 1 is 1.31 bits per heavy atom. The lowest BCUT2D eigenvalue weighted by atomic mass is 9.95. The zero-order chi connectivity index (χ0) is 11.9. The number of aromatic nitrogens is 1. The fraction of sp³-hybridized carbons (Fsp3) is 0.357. The topological polar surface area (TPSA) is 22.0 Å². The molecule has 0 aliphatic heterocycles. The molecule has 1 aromatic heterocycles. The first-order valence-corrected chi connectivity index (χ1v) is 5.59. The molecule has 2 aromatic rings. The smallest absolute Gasteiger partial charge is 0.152 e. The van der Waals surface area contributed by atoms with Crippen molar-refractivity contribution in [2.24, 2.45) is 7.05 Å². The van der Waals surface area contributed by atoms with Crippen molar-refractivity contribution < 1.29 is 4.79 Å². The van der Waals surface area contributed by atoms with Crippen molar-refractivity contribution in [1.29, 1.82) is 0 Å². The Hall–Kier alpha value is -1.57. The molecular formula is C14H17NO. The number of hydrogen-bond acceptors (Lipinski definition) is 1. The summed E-state index contributed by atoms with van der Waals surface area (Å²) in [4.78, 5) is 11.1. The van der Waals surface area contributed by atoms with Gasteiger partial charge >= 0.3 is 0 Å². The molecule has 0 spiro atoms. The number of benzene rings is 1. The highest BCUT2D eigenvalue weighted by atomic mass is 16.1. The molecule has 0 aliphatic carbocycles. The van der Waals surface area contributed by atoms with Crippen molar-refractivity contribution >= 4 is 17.2 Å². The Balaban J connectivity index is 2.92. The Kier molecular flexibility index (Phi) is 2.58. The van der Waals surface area contributed by atoms with Gasteiger partial charge in [-0.3, -0.25) is 4.79 Å². The number of nitrogens with zero attached hydrogens (tertiary/aromatic N) is 1. The van der Waals surface area contributed by atoms with E-state index in [-0.39, 0.29) is 0 Å². The van der Waals surface area contributed by atoms with Crippen LogP contribution in [0.15, 0.2) is 18.3 Å². The Morgan fingerprint density at radius 3 is 2.56 bits per heavy atom. The van der Waals surface area contributed by atoms with E-state index in [1.54, 1.807) is 0 Å². The van der Waals surface area contributed by atoms with Crippen molar-refractivity contribution in [1.82, 2.24) is 4.57 Å². The maximum atomic E-state index is 11.1. The van der Waals surface area contributed by atoms with Crippen LogP contribution in [0.3, 0.4) is 0 Å². The minimum atomic E-state index is 0.434. The Labute approximate surface area is 95.9 Å². The van der Waals surface area contributed by atoms with Gasteiger partial charge < -0.3 is 4.57 Å². The van der Waals surface area contributed by atoms with E-state index in [2.05, 4.69) is 32.9 Å². The van der Waals surface area contributed by atoms with Crippen LogP contribution in [0.2, 0.25) is 0 Å². The van der Waals surface area contributed by atoms with Gasteiger partial charge in [0.05, 0.1) is 0 Å². The normalized spacial score (nSPS) is 11.3. The van der Waals surface area contributed by atoms with Crippen LogP contribution in [0.5, 0.6) is 0 Å². The number of carbonyl (C=O) groups is 1. The highest BCUT2D eigenvalue weighted by molar-refractivity contribution is 6.00. The van der Waals surface area contributed by atoms with Gasteiger partial charge in [-0.1, -0.05) is 19.9 Å². The highest BCUT2D eigenvalue weighted by Crippen LogP contribution is 2.30. The van der Waals surface area contributed by atoms with E-state index in [1.807, 2.05) is 17.8 Å². The summed E-state index contributed by atoms with van der Waals surface area (Å²) in [5.74, 6) is 0.434.